The smallest absolute Gasteiger partial charge is 0.350 e. The molecule has 2 aromatic heterocycles. The van der Waals surface area contributed by atoms with E-state index in [4.69, 9.17) is 9.15 Å². The minimum Gasteiger partial charge on any atom is -0.457 e. The standard InChI is InChI=1S/C36H29N3O6S/c1-6-15-44-33(42)31-22(5)37-35(46-31)39-32(41)30-28(29(40)24-16-20(3)21(4)17-27(24)45-30)36(39)25-9-7-8-10-26(25)38(34(36)43)18-23-13-11-19(2)12-14-23/h6-14,16-17H,1,15,18H2,2-5H3. The molecule has 2 aliphatic heterocycles. The largest absolute Gasteiger partial charge is 0.457 e. The summed E-state index contributed by atoms with van der Waals surface area (Å²) in [6.45, 7) is 11.2. The number of nitrogens with zero attached hydrogens (tertiary/aromatic N) is 3. The molecule has 0 N–H and O–H groups in total. The van der Waals surface area contributed by atoms with E-state index in [0.29, 0.717) is 16.9 Å². The summed E-state index contributed by atoms with van der Waals surface area (Å²) in [5, 5.41) is 0.331. The van der Waals surface area contributed by atoms with Crippen molar-refractivity contribution in [3.63, 3.8) is 0 Å². The summed E-state index contributed by atoms with van der Waals surface area (Å²) in [6.07, 6.45) is 1.45. The van der Waals surface area contributed by atoms with Crippen molar-refractivity contribution in [1.82, 2.24) is 4.98 Å². The maximum atomic E-state index is 15.2. The second-order valence-corrected chi connectivity index (χ2v) is 12.6. The van der Waals surface area contributed by atoms with Crippen molar-refractivity contribution in [2.75, 3.05) is 16.4 Å². The number of aryl methyl sites for hydroxylation is 4. The third-order valence-electron chi connectivity index (χ3n) is 8.70. The number of hydrogen-bond acceptors (Lipinski definition) is 8. The van der Waals surface area contributed by atoms with E-state index in [-0.39, 0.29) is 45.5 Å². The summed E-state index contributed by atoms with van der Waals surface area (Å²) in [6, 6.07) is 18.4. The van der Waals surface area contributed by atoms with Gasteiger partial charge in [0, 0.05) is 5.56 Å². The number of carbonyl (C=O) groups excluding carboxylic acids is 3. The average Bonchev–Trinajstić information content (AvgIpc) is 3.63. The lowest BCUT2D eigenvalue weighted by Crippen LogP contribution is -2.53. The molecule has 2 amide bonds. The van der Waals surface area contributed by atoms with Crippen molar-refractivity contribution in [2.24, 2.45) is 0 Å². The second kappa shape index (κ2) is 10.6. The van der Waals surface area contributed by atoms with E-state index in [2.05, 4.69) is 11.6 Å². The number of carbonyl (C=O) groups is 3. The van der Waals surface area contributed by atoms with Gasteiger partial charge in [0.15, 0.2) is 16.1 Å². The van der Waals surface area contributed by atoms with Crippen molar-refractivity contribution in [1.29, 1.82) is 0 Å². The predicted octanol–water partition coefficient (Wildman–Crippen LogP) is 6.28. The molecule has 0 aliphatic carbocycles. The quantitative estimate of drug-likeness (QED) is 0.160. The molecule has 10 heteroatoms. The van der Waals surface area contributed by atoms with Gasteiger partial charge in [0.2, 0.25) is 5.76 Å². The molecule has 0 saturated heterocycles. The highest BCUT2D eigenvalue weighted by molar-refractivity contribution is 7.17. The summed E-state index contributed by atoms with van der Waals surface area (Å²) in [5.74, 6) is -2.07. The number of thiazole rings is 1. The van der Waals surface area contributed by atoms with Gasteiger partial charge >= 0.3 is 5.97 Å². The van der Waals surface area contributed by atoms with Crippen LogP contribution in [-0.2, 0) is 21.6 Å². The fourth-order valence-electron chi connectivity index (χ4n) is 6.32. The Balaban J connectivity index is 1.52. The number of anilines is 2. The fourth-order valence-corrected chi connectivity index (χ4v) is 7.33. The molecule has 1 unspecified atom stereocenters. The number of ether oxygens (including phenoxy) is 1. The normalized spacial score (nSPS) is 16.8. The first-order chi connectivity index (χ1) is 22.1. The number of hydrogen-bond donors (Lipinski definition) is 0. The molecule has 0 radical (unpaired) electrons. The molecule has 230 valence electrons. The zero-order valence-corrected chi connectivity index (χ0v) is 26.5. The van der Waals surface area contributed by atoms with Crippen molar-refractivity contribution in [3.05, 3.63) is 133 Å². The molecule has 3 aromatic carbocycles. The fraction of sp³-hybridized carbons (Fsp3) is 0.194. The summed E-state index contributed by atoms with van der Waals surface area (Å²) < 4.78 is 11.5. The first-order valence-electron chi connectivity index (χ1n) is 14.7. The number of esters is 1. The summed E-state index contributed by atoms with van der Waals surface area (Å²) in [5.41, 5.74) is 2.78. The molecule has 5 aromatic rings. The van der Waals surface area contributed by atoms with Crippen molar-refractivity contribution >= 4 is 50.9 Å². The van der Waals surface area contributed by atoms with Crippen LogP contribution in [0, 0.1) is 27.7 Å². The van der Waals surface area contributed by atoms with Gasteiger partial charge in [-0.3, -0.25) is 19.3 Å². The van der Waals surface area contributed by atoms with Crippen LogP contribution in [0.2, 0.25) is 0 Å². The number of aromatic nitrogens is 1. The predicted molar refractivity (Wildman–Crippen MR) is 176 cm³/mol. The zero-order chi connectivity index (χ0) is 32.5. The van der Waals surface area contributed by atoms with E-state index in [0.717, 1.165) is 33.6 Å². The monoisotopic (exact) mass is 631 g/mol. The molecule has 1 spiro atoms. The first kappa shape index (κ1) is 29.4. The maximum Gasteiger partial charge on any atom is 0.350 e. The van der Waals surface area contributed by atoms with E-state index in [1.54, 1.807) is 42.2 Å². The van der Waals surface area contributed by atoms with Crippen LogP contribution in [0.15, 0.2) is 82.5 Å². The van der Waals surface area contributed by atoms with Crippen LogP contribution >= 0.6 is 11.3 Å². The molecule has 0 bridgehead atoms. The molecule has 7 rings (SSSR count). The molecule has 0 saturated carbocycles. The van der Waals surface area contributed by atoms with Gasteiger partial charge in [-0.2, -0.15) is 0 Å². The van der Waals surface area contributed by atoms with Crippen molar-refractivity contribution in [2.45, 2.75) is 39.8 Å². The lowest BCUT2D eigenvalue weighted by Gasteiger charge is -2.32. The number of rotatable bonds is 6. The highest BCUT2D eigenvalue weighted by Gasteiger charge is 2.66. The molecule has 2 aliphatic rings. The highest BCUT2D eigenvalue weighted by Crippen LogP contribution is 2.55. The Morgan fingerprint density at radius 1 is 1.02 bits per heavy atom. The summed E-state index contributed by atoms with van der Waals surface area (Å²) >= 11 is 0.920. The first-order valence-corrected chi connectivity index (χ1v) is 15.5. The third kappa shape index (κ3) is 4.10. The van der Waals surface area contributed by atoms with E-state index in [1.807, 2.05) is 51.1 Å². The Morgan fingerprint density at radius 2 is 1.74 bits per heavy atom. The van der Waals surface area contributed by atoms with Gasteiger partial charge < -0.3 is 14.1 Å². The van der Waals surface area contributed by atoms with Crippen LogP contribution < -0.4 is 15.2 Å². The molecule has 4 heterocycles. The Bertz CT molecular complexity index is 2200. The molecular formula is C36H29N3O6S. The van der Waals surface area contributed by atoms with Crippen LogP contribution in [0.4, 0.5) is 10.8 Å². The van der Waals surface area contributed by atoms with Gasteiger partial charge in [0.1, 0.15) is 17.1 Å². The van der Waals surface area contributed by atoms with Gasteiger partial charge in [-0.25, -0.2) is 9.78 Å². The Kier molecular flexibility index (Phi) is 6.79. The highest BCUT2D eigenvalue weighted by atomic mass is 32.1. The minimum atomic E-state index is -1.94. The Hall–Kier alpha value is -5.35. The van der Waals surface area contributed by atoms with Crippen LogP contribution in [0.5, 0.6) is 0 Å². The van der Waals surface area contributed by atoms with Crippen LogP contribution in [0.25, 0.3) is 11.0 Å². The van der Waals surface area contributed by atoms with E-state index >= 15 is 4.79 Å². The number of para-hydroxylation sites is 1. The molecule has 9 nitrogen and oxygen atoms in total. The zero-order valence-electron chi connectivity index (χ0n) is 25.7. The summed E-state index contributed by atoms with van der Waals surface area (Å²) in [7, 11) is 0. The molecular weight excluding hydrogens is 602 g/mol. The van der Waals surface area contributed by atoms with Crippen molar-refractivity contribution in [3.8, 4) is 0 Å². The van der Waals surface area contributed by atoms with Gasteiger partial charge in [-0.1, -0.05) is 72.0 Å². The van der Waals surface area contributed by atoms with Crippen LogP contribution in [0.3, 0.4) is 0 Å². The maximum absolute atomic E-state index is 15.2. The van der Waals surface area contributed by atoms with E-state index in [9.17, 15) is 14.4 Å². The molecule has 0 fully saturated rings. The molecule has 46 heavy (non-hydrogen) atoms. The lowest BCUT2D eigenvalue weighted by atomic mass is 9.84. The molecule has 1 atom stereocenters. The van der Waals surface area contributed by atoms with Gasteiger partial charge in [0.05, 0.1) is 28.9 Å². The van der Waals surface area contributed by atoms with E-state index in [1.165, 1.54) is 11.0 Å². The Morgan fingerprint density at radius 3 is 2.48 bits per heavy atom. The van der Waals surface area contributed by atoms with Gasteiger partial charge in [-0.05, 0) is 62.6 Å². The van der Waals surface area contributed by atoms with Gasteiger partial charge in [0.25, 0.3) is 11.8 Å². The average molecular weight is 632 g/mol. The van der Waals surface area contributed by atoms with Crippen LogP contribution in [-0.4, -0.2) is 29.4 Å². The number of fused-ring (bicyclic) bond motifs is 5. The Labute approximate surface area is 268 Å². The van der Waals surface area contributed by atoms with E-state index < -0.39 is 28.8 Å². The number of amides is 2. The third-order valence-corrected chi connectivity index (χ3v) is 9.82. The van der Waals surface area contributed by atoms with Crippen LogP contribution in [0.1, 0.15) is 59.3 Å². The SMILES string of the molecule is C=CCOC(=O)c1sc(N2C(=O)c3oc4cc(C)c(C)cc4c(=O)c3C23C(=O)N(Cc2ccc(C)cc2)c2ccccc23)nc1C. The topological polar surface area (TPSA) is 110 Å². The van der Waals surface area contributed by atoms with Gasteiger partial charge in [-0.15, -0.1) is 0 Å². The second-order valence-electron chi connectivity index (χ2n) is 11.6. The number of benzene rings is 3. The lowest BCUT2D eigenvalue weighted by molar-refractivity contribution is -0.121. The summed E-state index contributed by atoms with van der Waals surface area (Å²) in [4.78, 5) is 64.9. The minimum absolute atomic E-state index is 0.00674. The van der Waals surface area contributed by atoms with Crippen molar-refractivity contribution < 1.29 is 23.5 Å².